The SMILES string of the molecule is Cc1ccc(C(=O)NC(=S)Nc2ccc(N3C(=O)c4ccccc4C3=O)cc2Cl)cc1[N+](=O)[O-]. The molecule has 9 nitrogen and oxygen atoms in total. The molecule has 2 N–H and O–H groups in total. The topological polar surface area (TPSA) is 122 Å². The second-order valence-corrected chi connectivity index (χ2v) is 8.14. The number of amides is 3. The van der Waals surface area contributed by atoms with Crippen molar-refractivity contribution in [3.63, 3.8) is 0 Å². The molecule has 1 aliphatic rings. The number of nitro groups is 1. The van der Waals surface area contributed by atoms with E-state index in [0.29, 0.717) is 22.4 Å². The average molecular weight is 495 g/mol. The quantitative estimate of drug-likeness (QED) is 0.237. The molecule has 0 fully saturated rings. The number of nitrogens with one attached hydrogen (secondary N) is 2. The van der Waals surface area contributed by atoms with Crippen molar-refractivity contribution >= 4 is 63.7 Å². The van der Waals surface area contributed by atoms with Crippen molar-refractivity contribution in [2.45, 2.75) is 6.92 Å². The summed E-state index contributed by atoms with van der Waals surface area (Å²) in [5.74, 6) is -1.54. The zero-order valence-electron chi connectivity index (χ0n) is 17.5. The standard InChI is InChI=1S/C23H15ClN4O5S/c1-12-6-7-13(10-19(12)28(32)33)20(29)26-23(34)25-18-9-8-14(11-17(18)24)27-21(30)15-4-2-3-5-16(15)22(27)31/h2-11H,1H3,(H2,25,26,29,34). The van der Waals surface area contributed by atoms with E-state index in [1.54, 1.807) is 31.2 Å². The summed E-state index contributed by atoms with van der Waals surface area (Å²) >= 11 is 11.5. The molecule has 0 atom stereocenters. The predicted octanol–water partition coefficient (Wildman–Crippen LogP) is 4.48. The first kappa shape index (κ1) is 23.0. The fourth-order valence-corrected chi connectivity index (χ4v) is 3.87. The van der Waals surface area contributed by atoms with Gasteiger partial charge in [-0.3, -0.25) is 29.8 Å². The Morgan fingerprint density at radius 2 is 1.68 bits per heavy atom. The number of carbonyl (C=O) groups is 3. The molecule has 0 aliphatic carbocycles. The number of nitrogens with zero attached hydrogens (tertiary/aromatic N) is 2. The van der Waals surface area contributed by atoms with Gasteiger partial charge in [0.25, 0.3) is 23.4 Å². The first-order chi connectivity index (χ1) is 16.2. The van der Waals surface area contributed by atoms with Gasteiger partial charge in [-0.15, -0.1) is 0 Å². The molecular formula is C23H15ClN4O5S. The van der Waals surface area contributed by atoms with Crippen molar-refractivity contribution in [3.8, 4) is 0 Å². The zero-order chi connectivity index (χ0) is 24.6. The third kappa shape index (κ3) is 4.24. The lowest BCUT2D eigenvalue weighted by Crippen LogP contribution is -2.34. The zero-order valence-corrected chi connectivity index (χ0v) is 19.1. The summed E-state index contributed by atoms with van der Waals surface area (Å²) in [5, 5.41) is 16.4. The smallest absolute Gasteiger partial charge is 0.273 e. The highest BCUT2D eigenvalue weighted by atomic mass is 35.5. The Kier molecular flexibility index (Phi) is 6.10. The number of imide groups is 1. The predicted molar refractivity (Wildman–Crippen MR) is 131 cm³/mol. The molecule has 3 amide bonds. The van der Waals surface area contributed by atoms with Crippen molar-refractivity contribution in [1.29, 1.82) is 0 Å². The van der Waals surface area contributed by atoms with Crippen LogP contribution >= 0.6 is 23.8 Å². The Bertz CT molecular complexity index is 1370. The summed E-state index contributed by atoms with van der Waals surface area (Å²) in [6.45, 7) is 1.57. The molecule has 0 spiro atoms. The van der Waals surface area contributed by atoms with Crippen molar-refractivity contribution < 1.29 is 19.3 Å². The lowest BCUT2D eigenvalue weighted by atomic mass is 10.1. The maximum atomic E-state index is 12.7. The fourth-order valence-electron chi connectivity index (χ4n) is 3.44. The third-order valence-corrected chi connectivity index (χ3v) is 5.67. The van der Waals surface area contributed by atoms with Crippen LogP contribution < -0.4 is 15.5 Å². The van der Waals surface area contributed by atoms with E-state index in [1.165, 1.54) is 30.3 Å². The number of aryl methyl sites for hydroxylation is 1. The van der Waals surface area contributed by atoms with E-state index in [0.717, 1.165) is 11.0 Å². The maximum absolute atomic E-state index is 12.7. The van der Waals surface area contributed by atoms with Gasteiger partial charge in [0.1, 0.15) is 0 Å². The normalized spacial score (nSPS) is 12.4. The molecule has 3 aromatic carbocycles. The van der Waals surface area contributed by atoms with Gasteiger partial charge in [0.2, 0.25) is 0 Å². The summed E-state index contributed by atoms with van der Waals surface area (Å²) in [4.78, 5) is 49.3. The number of nitro benzene ring substituents is 1. The molecule has 4 rings (SSSR count). The van der Waals surface area contributed by atoms with Crippen molar-refractivity contribution in [1.82, 2.24) is 5.32 Å². The highest BCUT2D eigenvalue weighted by Gasteiger charge is 2.36. The molecule has 0 saturated carbocycles. The summed E-state index contributed by atoms with van der Waals surface area (Å²) in [6, 6.07) is 15.1. The Morgan fingerprint density at radius 3 is 2.26 bits per heavy atom. The highest BCUT2D eigenvalue weighted by Crippen LogP contribution is 2.33. The Morgan fingerprint density at radius 1 is 1.03 bits per heavy atom. The van der Waals surface area contributed by atoms with Gasteiger partial charge in [0.05, 0.1) is 32.4 Å². The van der Waals surface area contributed by atoms with Gasteiger partial charge < -0.3 is 5.32 Å². The molecule has 0 bridgehead atoms. The fraction of sp³-hybridized carbons (Fsp3) is 0.0435. The van der Waals surface area contributed by atoms with Gasteiger partial charge in [-0.1, -0.05) is 29.8 Å². The van der Waals surface area contributed by atoms with Crippen LogP contribution in [-0.4, -0.2) is 27.8 Å². The second kappa shape index (κ2) is 9.00. The minimum atomic E-state index is -0.639. The molecule has 11 heteroatoms. The van der Waals surface area contributed by atoms with Gasteiger partial charge >= 0.3 is 0 Å². The minimum absolute atomic E-state index is 0.0634. The van der Waals surface area contributed by atoms with Crippen molar-refractivity contribution in [2.24, 2.45) is 0 Å². The van der Waals surface area contributed by atoms with E-state index < -0.39 is 22.6 Å². The lowest BCUT2D eigenvalue weighted by Gasteiger charge is -2.16. The van der Waals surface area contributed by atoms with E-state index in [9.17, 15) is 24.5 Å². The van der Waals surface area contributed by atoms with E-state index in [-0.39, 0.29) is 27.1 Å². The molecule has 1 aliphatic heterocycles. The largest absolute Gasteiger partial charge is 0.331 e. The molecule has 1 heterocycles. The Balaban J connectivity index is 1.47. The van der Waals surface area contributed by atoms with Gasteiger partial charge in [0, 0.05) is 17.2 Å². The number of fused-ring (bicyclic) bond motifs is 1. The van der Waals surface area contributed by atoms with Crippen LogP contribution in [0.2, 0.25) is 5.02 Å². The molecule has 0 radical (unpaired) electrons. The van der Waals surface area contributed by atoms with E-state index in [1.807, 2.05) is 0 Å². The van der Waals surface area contributed by atoms with Gasteiger partial charge in [0.15, 0.2) is 5.11 Å². The van der Waals surface area contributed by atoms with Crippen molar-refractivity contribution in [3.05, 3.63) is 98.1 Å². The summed E-state index contributed by atoms with van der Waals surface area (Å²) < 4.78 is 0. The van der Waals surface area contributed by atoms with Crippen molar-refractivity contribution in [2.75, 3.05) is 10.2 Å². The molecule has 0 saturated heterocycles. The van der Waals surface area contributed by atoms with Crippen LogP contribution in [0.1, 0.15) is 36.6 Å². The number of benzene rings is 3. The highest BCUT2D eigenvalue weighted by molar-refractivity contribution is 7.80. The van der Waals surface area contributed by atoms with Crippen LogP contribution in [0.15, 0.2) is 60.7 Å². The summed E-state index contributed by atoms with van der Waals surface area (Å²) in [7, 11) is 0. The van der Waals surface area contributed by atoms with Gasteiger partial charge in [-0.25, -0.2) is 4.90 Å². The van der Waals surface area contributed by atoms with Crippen LogP contribution in [0.4, 0.5) is 17.1 Å². The lowest BCUT2D eigenvalue weighted by molar-refractivity contribution is -0.385. The summed E-state index contributed by atoms with van der Waals surface area (Å²) in [5.41, 5.74) is 1.53. The monoisotopic (exact) mass is 494 g/mol. The second-order valence-electron chi connectivity index (χ2n) is 7.32. The molecule has 3 aromatic rings. The number of thiocarbonyl (C=S) groups is 1. The first-order valence-corrected chi connectivity index (χ1v) is 10.6. The molecule has 34 heavy (non-hydrogen) atoms. The van der Waals surface area contributed by atoms with E-state index in [2.05, 4.69) is 10.6 Å². The minimum Gasteiger partial charge on any atom is -0.331 e. The van der Waals surface area contributed by atoms with Gasteiger partial charge in [-0.05, 0) is 55.5 Å². The van der Waals surface area contributed by atoms with Gasteiger partial charge in [-0.2, -0.15) is 0 Å². The number of halogens is 1. The maximum Gasteiger partial charge on any atom is 0.273 e. The molecule has 0 aromatic heterocycles. The summed E-state index contributed by atoms with van der Waals surface area (Å²) in [6.07, 6.45) is 0. The number of rotatable bonds is 4. The third-order valence-electron chi connectivity index (χ3n) is 5.15. The molecular weight excluding hydrogens is 480 g/mol. The van der Waals surface area contributed by atoms with Crippen LogP contribution in [0.3, 0.4) is 0 Å². The number of carbonyl (C=O) groups excluding carboxylic acids is 3. The molecule has 170 valence electrons. The Hall–Kier alpha value is -4.15. The average Bonchev–Trinajstić information content (AvgIpc) is 3.05. The van der Waals surface area contributed by atoms with E-state index in [4.69, 9.17) is 23.8 Å². The molecule has 0 unspecified atom stereocenters. The Labute approximate surface area is 203 Å². The van der Waals surface area contributed by atoms with E-state index >= 15 is 0 Å². The van der Waals surface area contributed by atoms with Crippen LogP contribution in [0.25, 0.3) is 0 Å². The number of anilines is 2. The first-order valence-electron chi connectivity index (χ1n) is 9.82. The van der Waals surface area contributed by atoms with Crippen LogP contribution in [-0.2, 0) is 0 Å². The number of hydrogen-bond donors (Lipinski definition) is 2. The van der Waals surface area contributed by atoms with Crippen LogP contribution in [0, 0.1) is 17.0 Å². The van der Waals surface area contributed by atoms with Crippen LogP contribution in [0.5, 0.6) is 0 Å². The number of hydrogen-bond acceptors (Lipinski definition) is 6.